The molecule has 0 amide bonds. The molecule has 0 saturated heterocycles. The Morgan fingerprint density at radius 3 is 2.78 bits per heavy atom. The van der Waals surface area contributed by atoms with E-state index >= 15 is 0 Å². The van der Waals surface area contributed by atoms with Crippen molar-refractivity contribution in [2.75, 3.05) is 20.8 Å². The van der Waals surface area contributed by atoms with Gasteiger partial charge in [-0.2, -0.15) is 0 Å². The van der Waals surface area contributed by atoms with Gasteiger partial charge >= 0.3 is 0 Å². The maximum absolute atomic E-state index is 6.25. The van der Waals surface area contributed by atoms with Crippen LogP contribution in [0.1, 0.15) is 26.2 Å². The van der Waals surface area contributed by atoms with E-state index in [4.69, 9.17) is 14.2 Å². The highest BCUT2D eigenvalue weighted by Gasteiger charge is 2.30. The van der Waals surface area contributed by atoms with Crippen molar-refractivity contribution in [3.63, 3.8) is 0 Å². The molecule has 1 fully saturated rings. The molecule has 3 rings (SSSR count). The first-order valence-electron chi connectivity index (χ1n) is 8.48. The molecule has 1 heterocycles. The number of methoxy groups -OCH3 is 2. The summed E-state index contributed by atoms with van der Waals surface area (Å²) >= 11 is 0. The van der Waals surface area contributed by atoms with E-state index in [2.05, 4.69) is 42.0 Å². The molecule has 23 heavy (non-hydrogen) atoms. The molecule has 0 bridgehead atoms. The fourth-order valence-electron chi connectivity index (χ4n) is 3.49. The molecule has 0 radical (unpaired) electrons. The number of ether oxygens (including phenoxy) is 3. The minimum absolute atomic E-state index is 0.157. The first-order chi connectivity index (χ1) is 11.2. The SMILES string of the molecule is COCCn1ccc2cc(O[C@@H]3CCC(C)C[C@H]3OC)ccc21. The zero-order valence-electron chi connectivity index (χ0n) is 14.3. The fraction of sp³-hybridized carbons (Fsp3) is 0.579. The van der Waals surface area contributed by atoms with Crippen molar-refractivity contribution in [1.29, 1.82) is 0 Å². The zero-order valence-corrected chi connectivity index (χ0v) is 14.3. The van der Waals surface area contributed by atoms with Gasteiger partial charge in [0.25, 0.3) is 0 Å². The van der Waals surface area contributed by atoms with Crippen LogP contribution < -0.4 is 4.74 Å². The number of fused-ring (bicyclic) bond motifs is 1. The lowest BCUT2D eigenvalue weighted by atomic mass is 9.86. The second kappa shape index (κ2) is 7.37. The van der Waals surface area contributed by atoms with E-state index in [0.717, 1.165) is 37.7 Å². The standard InChI is InChI=1S/C19H27NO3/c1-14-4-7-18(19(12-14)22-3)23-16-5-6-17-15(13-16)8-9-20(17)10-11-21-2/h5-6,8-9,13-14,18-19H,4,7,10-12H2,1-3H3/t14?,18-,19-/m1/s1. The predicted molar refractivity (Wildman–Crippen MR) is 92.0 cm³/mol. The smallest absolute Gasteiger partial charge is 0.125 e. The Balaban J connectivity index is 1.73. The van der Waals surface area contributed by atoms with Crippen LogP contribution in [0.25, 0.3) is 10.9 Å². The van der Waals surface area contributed by atoms with Crippen LogP contribution in [0.2, 0.25) is 0 Å². The summed E-state index contributed by atoms with van der Waals surface area (Å²) in [6.45, 7) is 3.88. The first-order valence-corrected chi connectivity index (χ1v) is 8.48. The minimum atomic E-state index is 0.157. The van der Waals surface area contributed by atoms with Crippen LogP contribution in [0.5, 0.6) is 5.75 Å². The van der Waals surface area contributed by atoms with Gasteiger partial charge in [-0.25, -0.2) is 0 Å². The lowest BCUT2D eigenvalue weighted by Gasteiger charge is -2.34. The summed E-state index contributed by atoms with van der Waals surface area (Å²) in [6.07, 6.45) is 5.81. The molecule has 2 aromatic rings. The summed E-state index contributed by atoms with van der Waals surface area (Å²) < 4.78 is 19.3. The van der Waals surface area contributed by atoms with Crippen LogP contribution in [-0.2, 0) is 16.0 Å². The van der Waals surface area contributed by atoms with Crippen molar-refractivity contribution >= 4 is 10.9 Å². The second-order valence-corrected chi connectivity index (χ2v) is 6.57. The van der Waals surface area contributed by atoms with Crippen molar-refractivity contribution in [3.05, 3.63) is 30.5 Å². The van der Waals surface area contributed by atoms with Gasteiger partial charge in [0.05, 0.1) is 12.7 Å². The first kappa shape index (κ1) is 16.3. The van der Waals surface area contributed by atoms with E-state index in [9.17, 15) is 0 Å². The molecule has 0 spiro atoms. The van der Waals surface area contributed by atoms with Crippen LogP contribution in [0.3, 0.4) is 0 Å². The van der Waals surface area contributed by atoms with Crippen LogP contribution in [0.15, 0.2) is 30.5 Å². The average Bonchev–Trinajstić information content (AvgIpc) is 2.96. The Morgan fingerprint density at radius 2 is 2.00 bits per heavy atom. The molecule has 0 N–H and O–H groups in total. The summed E-state index contributed by atoms with van der Waals surface area (Å²) in [7, 11) is 3.52. The van der Waals surface area contributed by atoms with Crippen LogP contribution in [0.4, 0.5) is 0 Å². The third-order valence-corrected chi connectivity index (χ3v) is 4.86. The minimum Gasteiger partial charge on any atom is -0.488 e. The summed E-state index contributed by atoms with van der Waals surface area (Å²) in [5.74, 6) is 1.65. The third-order valence-electron chi connectivity index (χ3n) is 4.86. The Kier molecular flexibility index (Phi) is 5.23. The van der Waals surface area contributed by atoms with Gasteiger partial charge in [-0.05, 0) is 49.4 Å². The van der Waals surface area contributed by atoms with E-state index in [1.165, 1.54) is 17.3 Å². The third kappa shape index (κ3) is 3.70. The Hall–Kier alpha value is -1.52. The number of nitrogens with zero attached hydrogens (tertiary/aromatic N) is 1. The second-order valence-electron chi connectivity index (χ2n) is 6.57. The summed E-state index contributed by atoms with van der Waals surface area (Å²) in [6, 6.07) is 8.46. The predicted octanol–water partition coefficient (Wildman–Crippen LogP) is 3.87. The Morgan fingerprint density at radius 1 is 1.13 bits per heavy atom. The zero-order chi connectivity index (χ0) is 16.2. The summed E-state index contributed by atoms with van der Waals surface area (Å²) in [5, 5.41) is 1.21. The van der Waals surface area contributed by atoms with Crippen LogP contribution >= 0.6 is 0 Å². The van der Waals surface area contributed by atoms with Crippen LogP contribution in [-0.4, -0.2) is 37.6 Å². The molecule has 1 saturated carbocycles. The largest absolute Gasteiger partial charge is 0.488 e. The molecule has 4 heteroatoms. The molecule has 0 aliphatic heterocycles. The molecule has 3 atom stereocenters. The summed E-state index contributed by atoms with van der Waals surface area (Å²) in [4.78, 5) is 0. The normalized spacial score (nSPS) is 24.9. The highest BCUT2D eigenvalue weighted by molar-refractivity contribution is 5.81. The van der Waals surface area contributed by atoms with E-state index in [0.29, 0.717) is 0 Å². The van der Waals surface area contributed by atoms with E-state index in [-0.39, 0.29) is 12.2 Å². The molecule has 1 aliphatic rings. The van der Waals surface area contributed by atoms with E-state index < -0.39 is 0 Å². The molecule has 1 aromatic heterocycles. The van der Waals surface area contributed by atoms with Gasteiger partial charge in [0.1, 0.15) is 11.9 Å². The number of aromatic nitrogens is 1. The van der Waals surface area contributed by atoms with Gasteiger partial charge in [-0.3, -0.25) is 0 Å². The fourth-order valence-corrected chi connectivity index (χ4v) is 3.49. The monoisotopic (exact) mass is 317 g/mol. The maximum Gasteiger partial charge on any atom is 0.125 e. The van der Waals surface area contributed by atoms with Gasteiger partial charge in [0.2, 0.25) is 0 Å². The number of rotatable bonds is 6. The van der Waals surface area contributed by atoms with Crippen molar-refractivity contribution < 1.29 is 14.2 Å². The molecule has 4 nitrogen and oxygen atoms in total. The maximum atomic E-state index is 6.25. The highest BCUT2D eigenvalue weighted by atomic mass is 16.5. The van der Waals surface area contributed by atoms with Gasteiger partial charge in [-0.1, -0.05) is 6.92 Å². The van der Waals surface area contributed by atoms with Crippen molar-refractivity contribution in [2.45, 2.75) is 44.9 Å². The molecule has 1 aromatic carbocycles. The van der Waals surface area contributed by atoms with Gasteiger partial charge in [0.15, 0.2) is 0 Å². The molecular weight excluding hydrogens is 290 g/mol. The molecular formula is C19H27NO3. The molecule has 1 unspecified atom stereocenters. The van der Waals surface area contributed by atoms with Crippen molar-refractivity contribution in [2.24, 2.45) is 5.92 Å². The Labute approximate surface area is 138 Å². The molecule has 126 valence electrons. The topological polar surface area (TPSA) is 32.6 Å². The number of benzene rings is 1. The van der Waals surface area contributed by atoms with E-state index in [1.807, 2.05) is 0 Å². The lowest BCUT2D eigenvalue weighted by molar-refractivity contribution is -0.0356. The van der Waals surface area contributed by atoms with Crippen molar-refractivity contribution in [1.82, 2.24) is 4.57 Å². The number of hydrogen-bond donors (Lipinski definition) is 0. The van der Waals surface area contributed by atoms with Crippen LogP contribution in [0, 0.1) is 5.92 Å². The molecule has 1 aliphatic carbocycles. The van der Waals surface area contributed by atoms with E-state index in [1.54, 1.807) is 14.2 Å². The van der Waals surface area contributed by atoms with Gasteiger partial charge < -0.3 is 18.8 Å². The highest BCUT2D eigenvalue weighted by Crippen LogP contribution is 2.30. The lowest BCUT2D eigenvalue weighted by Crippen LogP contribution is -2.38. The Bertz CT molecular complexity index is 637. The average molecular weight is 317 g/mol. The van der Waals surface area contributed by atoms with Gasteiger partial charge in [0, 0.05) is 37.9 Å². The van der Waals surface area contributed by atoms with Crippen molar-refractivity contribution in [3.8, 4) is 5.75 Å². The van der Waals surface area contributed by atoms with Gasteiger partial charge in [-0.15, -0.1) is 0 Å². The summed E-state index contributed by atoms with van der Waals surface area (Å²) in [5.41, 5.74) is 1.22. The quantitative estimate of drug-likeness (QED) is 0.811. The number of hydrogen-bond acceptors (Lipinski definition) is 3.